The summed E-state index contributed by atoms with van der Waals surface area (Å²) in [4.78, 5) is 34.4. The largest absolute Gasteiger partial charge is 0.491 e. The van der Waals surface area contributed by atoms with E-state index in [1.54, 1.807) is 45.0 Å². The molecule has 3 N–H and O–H groups in total. The van der Waals surface area contributed by atoms with Crippen molar-refractivity contribution in [2.75, 3.05) is 13.7 Å². The van der Waals surface area contributed by atoms with E-state index in [-0.39, 0.29) is 25.4 Å². The molecule has 27 heavy (non-hydrogen) atoms. The van der Waals surface area contributed by atoms with Crippen LogP contribution in [-0.2, 0) is 25.5 Å². The molecule has 0 fully saturated rings. The Hall–Kier alpha value is -2.77. The van der Waals surface area contributed by atoms with Gasteiger partial charge < -0.3 is 25.3 Å². The Labute approximate surface area is 159 Å². The van der Waals surface area contributed by atoms with E-state index in [0.717, 1.165) is 5.56 Å². The number of esters is 1. The van der Waals surface area contributed by atoms with Gasteiger partial charge in [-0.05, 0) is 44.9 Å². The van der Waals surface area contributed by atoms with Crippen molar-refractivity contribution in [1.29, 1.82) is 0 Å². The lowest BCUT2D eigenvalue weighted by molar-refractivity contribution is -0.139. The number of benzene rings is 1. The fourth-order valence-corrected chi connectivity index (χ4v) is 2.17. The Balaban J connectivity index is 2.69. The second kappa shape index (κ2) is 10.4. The third-order valence-electron chi connectivity index (χ3n) is 3.39. The van der Waals surface area contributed by atoms with Crippen LogP contribution in [0.3, 0.4) is 0 Å². The molecule has 0 aromatic heterocycles. The zero-order valence-corrected chi connectivity index (χ0v) is 16.2. The van der Waals surface area contributed by atoms with Gasteiger partial charge in [0.25, 0.3) is 0 Å². The van der Waals surface area contributed by atoms with Gasteiger partial charge in [-0.15, -0.1) is 0 Å². The number of ether oxygens (including phenoxy) is 3. The molecule has 8 heteroatoms. The average molecular weight is 380 g/mol. The van der Waals surface area contributed by atoms with E-state index in [4.69, 9.17) is 15.2 Å². The van der Waals surface area contributed by atoms with Gasteiger partial charge in [-0.25, -0.2) is 4.79 Å². The van der Waals surface area contributed by atoms with Gasteiger partial charge in [0.05, 0.1) is 19.6 Å². The van der Waals surface area contributed by atoms with Crippen LogP contribution in [0.2, 0.25) is 0 Å². The zero-order valence-electron chi connectivity index (χ0n) is 16.2. The number of hydrogen-bond donors (Lipinski definition) is 2. The first-order chi connectivity index (χ1) is 12.6. The summed E-state index contributed by atoms with van der Waals surface area (Å²) in [5, 5.41) is 2.69. The summed E-state index contributed by atoms with van der Waals surface area (Å²) in [6, 6.07) is 6.53. The Morgan fingerprint density at radius 3 is 2.52 bits per heavy atom. The number of primary amides is 1. The van der Waals surface area contributed by atoms with Crippen molar-refractivity contribution in [3.8, 4) is 5.75 Å². The normalized spacial score (nSPS) is 12.0. The molecule has 0 spiro atoms. The van der Waals surface area contributed by atoms with Crippen LogP contribution in [0.25, 0.3) is 0 Å². The van der Waals surface area contributed by atoms with Crippen molar-refractivity contribution < 1.29 is 28.6 Å². The summed E-state index contributed by atoms with van der Waals surface area (Å²) in [6.45, 7) is 5.39. The smallest absolute Gasteiger partial charge is 0.407 e. The number of hydrogen-bond acceptors (Lipinski definition) is 6. The third-order valence-corrected chi connectivity index (χ3v) is 3.39. The molecule has 0 aliphatic heterocycles. The van der Waals surface area contributed by atoms with Crippen molar-refractivity contribution in [2.24, 2.45) is 5.73 Å². The van der Waals surface area contributed by atoms with Gasteiger partial charge in [0, 0.05) is 6.42 Å². The minimum Gasteiger partial charge on any atom is -0.491 e. The minimum atomic E-state index is -0.638. The number of alkyl carbamates (subject to hydrolysis) is 1. The summed E-state index contributed by atoms with van der Waals surface area (Å²) in [6.07, 6.45) is -0.0440. The number of methoxy groups -OCH3 is 1. The maximum atomic E-state index is 12.0. The molecule has 0 saturated carbocycles. The first-order valence-electron chi connectivity index (χ1n) is 8.65. The highest BCUT2D eigenvalue weighted by molar-refractivity contribution is 5.74. The lowest BCUT2D eigenvalue weighted by Gasteiger charge is -2.23. The molecular weight excluding hydrogens is 352 g/mol. The molecule has 0 radical (unpaired) electrons. The van der Waals surface area contributed by atoms with Gasteiger partial charge >= 0.3 is 12.1 Å². The van der Waals surface area contributed by atoms with E-state index in [9.17, 15) is 14.4 Å². The second-order valence-electron chi connectivity index (χ2n) is 7.06. The van der Waals surface area contributed by atoms with Gasteiger partial charge in [-0.1, -0.05) is 12.1 Å². The fraction of sp³-hybridized carbons (Fsp3) is 0.526. The summed E-state index contributed by atoms with van der Waals surface area (Å²) >= 11 is 0. The molecule has 0 unspecified atom stereocenters. The van der Waals surface area contributed by atoms with Crippen LogP contribution in [-0.4, -0.2) is 43.3 Å². The molecule has 2 amide bonds. The van der Waals surface area contributed by atoms with Crippen molar-refractivity contribution in [3.05, 3.63) is 29.8 Å². The lowest BCUT2D eigenvalue weighted by atomic mass is 10.1. The maximum absolute atomic E-state index is 12.0. The quantitative estimate of drug-likeness (QED) is 0.632. The highest BCUT2D eigenvalue weighted by atomic mass is 16.6. The van der Waals surface area contributed by atoms with E-state index in [2.05, 4.69) is 10.1 Å². The van der Waals surface area contributed by atoms with Gasteiger partial charge in [0.1, 0.15) is 18.0 Å². The molecule has 1 aromatic carbocycles. The van der Waals surface area contributed by atoms with Crippen molar-refractivity contribution in [3.63, 3.8) is 0 Å². The van der Waals surface area contributed by atoms with Crippen LogP contribution in [0.15, 0.2) is 24.3 Å². The lowest BCUT2D eigenvalue weighted by Crippen LogP contribution is -2.42. The topological polar surface area (TPSA) is 117 Å². The molecule has 8 nitrogen and oxygen atoms in total. The highest BCUT2D eigenvalue weighted by Gasteiger charge is 2.20. The Morgan fingerprint density at radius 1 is 1.22 bits per heavy atom. The van der Waals surface area contributed by atoms with Gasteiger partial charge in [0.15, 0.2) is 0 Å². The van der Waals surface area contributed by atoms with E-state index < -0.39 is 23.6 Å². The molecule has 1 aromatic rings. The standard InChI is InChI=1S/C19H28N2O6/c1-19(2,3)27-18(24)21-14(8-9-16(20)22)12-26-15-7-5-6-13(10-15)11-17(23)25-4/h5-7,10,14H,8-9,11-12H2,1-4H3,(H2,20,22)(H,21,24)/t14-/m0/s1. The van der Waals surface area contributed by atoms with Crippen LogP contribution < -0.4 is 15.8 Å². The number of amides is 2. The highest BCUT2D eigenvalue weighted by Crippen LogP contribution is 2.15. The number of rotatable bonds is 9. The molecule has 0 saturated heterocycles. The van der Waals surface area contributed by atoms with Gasteiger partial charge in [-0.2, -0.15) is 0 Å². The second-order valence-corrected chi connectivity index (χ2v) is 7.06. The molecule has 0 heterocycles. The van der Waals surface area contributed by atoms with E-state index in [0.29, 0.717) is 12.2 Å². The minimum absolute atomic E-state index is 0.103. The predicted molar refractivity (Wildman–Crippen MR) is 99.2 cm³/mol. The molecule has 0 aliphatic rings. The van der Waals surface area contributed by atoms with Gasteiger partial charge in [0.2, 0.25) is 5.91 Å². The van der Waals surface area contributed by atoms with Crippen LogP contribution in [0, 0.1) is 0 Å². The monoisotopic (exact) mass is 380 g/mol. The Kier molecular flexibility index (Phi) is 8.58. The average Bonchev–Trinajstić information content (AvgIpc) is 2.55. The summed E-state index contributed by atoms with van der Waals surface area (Å²) < 4.78 is 15.6. The van der Waals surface area contributed by atoms with E-state index in [1.807, 2.05) is 0 Å². The first kappa shape index (κ1) is 22.3. The summed E-state index contributed by atoms with van der Waals surface area (Å²) in [5.41, 5.74) is 5.30. The third kappa shape index (κ3) is 10.1. The molecular formula is C19H28N2O6. The first-order valence-corrected chi connectivity index (χ1v) is 8.65. The molecule has 0 bridgehead atoms. The van der Waals surface area contributed by atoms with Gasteiger partial charge in [-0.3, -0.25) is 9.59 Å². The van der Waals surface area contributed by atoms with E-state index >= 15 is 0 Å². The van der Waals surface area contributed by atoms with Crippen molar-refractivity contribution in [1.82, 2.24) is 5.32 Å². The predicted octanol–water partition coefficient (Wildman–Crippen LogP) is 1.94. The molecule has 150 valence electrons. The maximum Gasteiger partial charge on any atom is 0.407 e. The van der Waals surface area contributed by atoms with Crippen LogP contribution >= 0.6 is 0 Å². The number of nitrogens with two attached hydrogens (primary N) is 1. The van der Waals surface area contributed by atoms with Crippen LogP contribution in [0.4, 0.5) is 4.79 Å². The number of carbonyl (C=O) groups is 3. The molecule has 1 atom stereocenters. The SMILES string of the molecule is COC(=O)Cc1cccc(OC[C@H](CCC(N)=O)NC(=O)OC(C)(C)C)c1. The Morgan fingerprint density at radius 2 is 1.93 bits per heavy atom. The fourth-order valence-electron chi connectivity index (χ4n) is 2.17. The number of carbonyl (C=O) groups excluding carboxylic acids is 3. The number of nitrogens with one attached hydrogen (secondary N) is 1. The summed E-state index contributed by atoms with van der Waals surface area (Å²) in [5.74, 6) is -0.282. The van der Waals surface area contributed by atoms with Crippen molar-refractivity contribution in [2.45, 2.75) is 51.7 Å². The molecule has 0 aliphatic carbocycles. The van der Waals surface area contributed by atoms with Crippen molar-refractivity contribution >= 4 is 18.0 Å². The zero-order chi connectivity index (χ0) is 20.4. The Bertz CT molecular complexity index is 654. The van der Waals surface area contributed by atoms with Crippen LogP contribution in [0.5, 0.6) is 5.75 Å². The molecule has 1 rings (SSSR count). The van der Waals surface area contributed by atoms with Crippen LogP contribution in [0.1, 0.15) is 39.2 Å². The van der Waals surface area contributed by atoms with E-state index in [1.165, 1.54) is 7.11 Å². The summed E-state index contributed by atoms with van der Waals surface area (Å²) in [7, 11) is 1.33.